The Morgan fingerprint density at radius 2 is 2.09 bits per heavy atom. The molecule has 0 N–H and O–H groups in total. The third-order valence-corrected chi connectivity index (χ3v) is 1.83. The van der Waals surface area contributed by atoms with Gasteiger partial charge in [0, 0.05) is 5.92 Å². The summed E-state index contributed by atoms with van der Waals surface area (Å²) in [6.45, 7) is 3.89. The SMILES string of the molecule is CC(C)c1oc(=O)oc1CBr. The molecule has 1 heterocycles. The molecule has 0 atom stereocenters. The fourth-order valence-electron chi connectivity index (χ4n) is 0.851. The van der Waals surface area contributed by atoms with Crippen LogP contribution in [-0.2, 0) is 5.33 Å². The van der Waals surface area contributed by atoms with Crippen LogP contribution in [-0.4, -0.2) is 0 Å². The fourth-order valence-corrected chi connectivity index (χ4v) is 1.24. The lowest BCUT2D eigenvalue weighted by Crippen LogP contribution is -1.89. The average molecular weight is 221 g/mol. The van der Waals surface area contributed by atoms with Crippen LogP contribution in [0.15, 0.2) is 13.6 Å². The molecule has 1 aromatic rings. The maximum Gasteiger partial charge on any atom is 0.519 e. The van der Waals surface area contributed by atoms with Gasteiger partial charge in [-0.15, -0.1) is 0 Å². The van der Waals surface area contributed by atoms with E-state index in [4.69, 9.17) is 8.83 Å². The van der Waals surface area contributed by atoms with Gasteiger partial charge in [0.05, 0.1) is 5.33 Å². The molecule has 0 unspecified atom stereocenters. The minimum atomic E-state index is -0.622. The van der Waals surface area contributed by atoms with E-state index in [1.165, 1.54) is 0 Å². The van der Waals surface area contributed by atoms with Crippen LogP contribution >= 0.6 is 15.9 Å². The van der Waals surface area contributed by atoms with Crippen LogP contribution in [0.1, 0.15) is 31.3 Å². The zero-order chi connectivity index (χ0) is 8.43. The van der Waals surface area contributed by atoms with Crippen LogP contribution in [0.5, 0.6) is 0 Å². The zero-order valence-electron chi connectivity index (χ0n) is 6.39. The van der Waals surface area contributed by atoms with Crippen LogP contribution < -0.4 is 5.82 Å². The highest BCUT2D eigenvalue weighted by Crippen LogP contribution is 2.19. The molecule has 1 aromatic heterocycles. The third kappa shape index (κ3) is 1.74. The van der Waals surface area contributed by atoms with Gasteiger partial charge in [-0.1, -0.05) is 29.8 Å². The van der Waals surface area contributed by atoms with Crippen LogP contribution in [0.4, 0.5) is 0 Å². The van der Waals surface area contributed by atoms with E-state index < -0.39 is 5.82 Å². The molecule has 11 heavy (non-hydrogen) atoms. The minimum Gasteiger partial charge on any atom is -0.395 e. The molecule has 0 fully saturated rings. The monoisotopic (exact) mass is 220 g/mol. The second kappa shape index (κ2) is 3.26. The molecule has 3 nitrogen and oxygen atoms in total. The third-order valence-electron chi connectivity index (χ3n) is 1.32. The van der Waals surface area contributed by atoms with Crippen LogP contribution in [0, 0.1) is 0 Å². The molecule has 4 heteroatoms. The Balaban J connectivity index is 3.12. The minimum absolute atomic E-state index is 0.189. The van der Waals surface area contributed by atoms with E-state index in [9.17, 15) is 4.79 Å². The van der Waals surface area contributed by atoms with Crippen molar-refractivity contribution in [1.82, 2.24) is 0 Å². The molecule has 0 radical (unpaired) electrons. The van der Waals surface area contributed by atoms with Crippen molar-refractivity contribution >= 4 is 15.9 Å². The summed E-state index contributed by atoms with van der Waals surface area (Å²) in [4.78, 5) is 10.6. The van der Waals surface area contributed by atoms with Gasteiger partial charge in [0.15, 0.2) is 11.5 Å². The molecule has 0 bridgehead atoms. The van der Waals surface area contributed by atoms with Gasteiger partial charge in [0.2, 0.25) is 0 Å². The summed E-state index contributed by atoms with van der Waals surface area (Å²) >= 11 is 3.20. The highest BCUT2D eigenvalue weighted by Gasteiger charge is 2.14. The average Bonchev–Trinajstić information content (AvgIpc) is 2.30. The van der Waals surface area contributed by atoms with Crippen molar-refractivity contribution in [3.8, 4) is 0 Å². The molecule has 0 spiro atoms. The number of hydrogen-bond acceptors (Lipinski definition) is 3. The topological polar surface area (TPSA) is 43.4 Å². The van der Waals surface area contributed by atoms with Crippen LogP contribution in [0.2, 0.25) is 0 Å². The standard InChI is InChI=1S/C7H9BrO3/c1-4(2)6-5(3-8)10-7(9)11-6/h4H,3H2,1-2H3. The van der Waals surface area contributed by atoms with Gasteiger partial charge in [-0.2, -0.15) is 0 Å². The molecule has 0 aliphatic carbocycles. The lowest BCUT2D eigenvalue weighted by Gasteiger charge is -1.97. The lowest BCUT2D eigenvalue weighted by atomic mass is 10.1. The van der Waals surface area contributed by atoms with E-state index >= 15 is 0 Å². The summed E-state index contributed by atoms with van der Waals surface area (Å²) in [6, 6.07) is 0. The molecule has 1 rings (SSSR count). The quantitative estimate of drug-likeness (QED) is 0.719. The van der Waals surface area contributed by atoms with Gasteiger partial charge in [-0.3, -0.25) is 0 Å². The van der Waals surface area contributed by atoms with Crippen molar-refractivity contribution in [1.29, 1.82) is 0 Å². The van der Waals surface area contributed by atoms with E-state index in [1.54, 1.807) is 0 Å². The van der Waals surface area contributed by atoms with Crippen molar-refractivity contribution in [2.75, 3.05) is 0 Å². The molecule has 0 saturated heterocycles. The highest BCUT2D eigenvalue weighted by atomic mass is 79.9. The van der Waals surface area contributed by atoms with Gasteiger partial charge < -0.3 is 8.83 Å². The van der Waals surface area contributed by atoms with Gasteiger partial charge in [-0.05, 0) is 0 Å². The summed E-state index contributed by atoms with van der Waals surface area (Å²) in [5, 5.41) is 0.520. The normalized spacial score (nSPS) is 10.9. The molecular formula is C7H9BrO3. The number of alkyl halides is 1. The maximum absolute atomic E-state index is 10.6. The Morgan fingerprint density at radius 1 is 1.45 bits per heavy atom. The van der Waals surface area contributed by atoms with Crippen LogP contribution in [0.25, 0.3) is 0 Å². The van der Waals surface area contributed by atoms with E-state index in [0.717, 1.165) is 0 Å². The van der Waals surface area contributed by atoms with Crippen LogP contribution in [0.3, 0.4) is 0 Å². The summed E-state index contributed by atoms with van der Waals surface area (Å²) < 4.78 is 9.57. The molecule has 62 valence electrons. The first-order chi connectivity index (χ1) is 5.15. The Kier molecular flexibility index (Phi) is 2.54. The molecule has 0 amide bonds. The Morgan fingerprint density at radius 3 is 2.45 bits per heavy atom. The van der Waals surface area contributed by atoms with Crippen molar-refractivity contribution in [3.05, 3.63) is 22.1 Å². The summed E-state index contributed by atoms with van der Waals surface area (Å²) in [5.41, 5.74) is 0. The van der Waals surface area contributed by atoms with Crippen molar-refractivity contribution in [2.45, 2.75) is 25.1 Å². The smallest absolute Gasteiger partial charge is 0.395 e. The van der Waals surface area contributed by atoms with Gasteiger partial charge in [0.25, 0.3) is 0 Å². The molecule has 0 aliphatic rings. The fraction of sp³-hybridized carbons (Fsp3) is 0.571. The van der Waals surface area contributed by atoms with Gasteiger partial charge in [0.1, 0.15) is 0 Å². The van der Waals surface area contributed by atoms with E-state index in [1.807, 2.05) is 13.8 Å². The second-order valence-corrected chi connectivity index (χ2v) is 3.09. The van der Waals surface area contributed by atoms with E-state index in [-0.39, 0.29) is 5.92 Å². The number of rotatable bonds is 2. The van der Waals surface area contributed by atoms with E-state index in [0.29, 0.717) is 16.9 Å². The molecular weight excluding hydrogens is 212 g/mol. The summed E-state index contributed by atoms with van der Waals surface area (Å²) in [5.74, 6) is 0.786. The second-order valence-electron chi connectivity index (χ2n) is 2.53. The Bertz CT molecular complexity index is 284. The molecule has 0 aromatic carbocycles. The summed E-state index contributed by atoms with van der Waals surface area (Å²) in [6.07, 6.45) is 0. The van der Waals surface area contributed by atoms with E-state index in [2.05, 4.69) is 15.9 Å². The zero-order valence-corrected chi connectivity index (χ0v) is 7.97. The van der Waals surface area contributed by atoms with Crippen molar-refractivity contribution in [2.24, 2.45) is 0 Å². The van der Waals surface area contributed by atoms with Gasteiger partial charge in [-0.25, -0.2) is 4.79 Å². The Labute approximate surface area is 72.5 Å². The summed E-state index contributed by atoms with van der Waals surface area (Å²) in [7, 11) is 0. The molecule has 0 aliphatic heterocycles. The first kappa shape index (κ1) is 8.59. The molecule has 0 saturated carbocycles. The predicted molar refractivity (Wildman–Crippen MR) is 44.0 cm³/mol. The first-order valence-corrected chi connectivity index (χ1v) is 4.46. The maximum atomic E-state index is 10.6. The Hall–Kier alpha value is -0.510. The largest absolute Gasteiger partial charge is 0.519 e. The van der Waals surface area contributed by atoms with Gasteiger partial charge >= 0.3 is 5.82 Å². The lowest BCUT2D eigenvalue weighted by molar-refractivity contribution is 0.364. The van der Waals surface area contributed by atoms with Crippen molar-refractivity contribution < 1.29 is 8.83 Å². The van der Waals surface area contributed by atoms with Crippen molar-refractivity contribution in [3.63, 3.8) is 0 Å². The first-order valence-electron chi connectivity index (χ1n) is 3.33. The number of halogens is 1. The predicted octanol–water partition coefficient (Wildman–Crippen LogP) is 2.25. The highest BCUT2D eigenvalue weighted by molar-refractivity contribution is 9.08. The number of hydrogen-bond donors (Lipinski definition) is 0.